The van der Waals surface area contributed by atoms with E-state index in [0.29, 0.717) is 0 Å². The Morgan fingerprint density at radius 2 is 0.746 bits per heavy atom. The van der Waals surface area contributed by atoms with E-state index in [1.54, 1.807) is 0 Å². The van der Waals surface area contributed by atoms with Gasteiger partial charge in [-0.05, 0) is 138 Å². The molecule has 1 spiro atoms. The molecule has 0 amide bonds. The second-order valence-electron chi connectivity index (χ2n) is 16.8. The predicted molar refractivity (Wildman–Crippen MR) is 246 cm³/mol. The summed E-state index contributed by atoms with van der Waals surface area (Å²) in [5.41, 5.74) is 24.1. The average Bonchev–Trinajstić information content (AvgIpc) is 3.86. The van der Waals surface area contributed by atoms with Crippen LogP contribution in [0.25, 0.3) is 55.6 Å². The van der Waals surface area contributed by atoms with Gasteiger partial charge in [0.1, 0.15) is 0 Å². The lowest BCUT2D eigenvalue weighted by molar-refractivity contribution is 0.660. The molecule has 9 aromatic carbocycles. The van der Waals surface area contributed by atoms with Crippen molar-refractivity contribution in [3.8, 4) is 55.6 Å². The Kier molecular flexibility index (Phi) is 7.26. The second kappa shape index (κ2) is 12.6. The van der Waals surface area contributed by atoms with Crippen molar-refractivity contribution in [1.82, 2.24) is 0 Å². The topological polar surface area (TPSA) is 3.24 Å². The number of nitrogens with zero attached hydrogens (tertiary/aromatic N) is 1. The van der Waals surface area contributed by atoms with Crippen LogP contribution in [0.15, 0.2) is 212 Å². The molecule has 1 heteroatoms. The molecule has 0 bridgehead atoms. The molecule has 12 rings (SSSR count). The van der Waals surface area contributed by atoms with Crippen LogP contribution >= 0.6 is 0 Å². The third-order valence-electron chi connectivity index (χ3n) is 13.4. The molecule has 9 aromatic rings. The molecule has 0 atom stereocenters. The quantitative estimate of drug-likeness (QED) is 0.169. The summed E-state index contributed by atoms with van der Waals surface area (Å²) >= 11 is 0. The summed E-state index contributed by atoms with van der Waals surface area (Å²) in [7, 11) is 0. The van der Waals surface area contributed by atoms with Crippen LogP contribution in [0.2, 0.25) is 0 Å². The number of para-hydroxylation sites is 2. The second-order valence-corrected chi connectivity index (χ2v) is 16.8. The zero-order valence-corrected chi connectivity index (χ0v) is 33.2. The van der Waals surface area contributed by atoms with Crippen molar-refractivity contribution < 1.29 is 0 Å². The molecular formula is C58H41N. The normalized spacial score (nSPS) is 14.2. The van der Waals surface area contributed by atoms with Crippen LogP contribution in [0, 0.1) is 0 Å². The van der Waals surface area contributed by atoms with Crippen LogP contribution in [0.3, 0.4) is 0 Å². The SMILES string of the molecule is CC1(C)c2cc(-c3cc(-c4ccccc4)cc(N(c4ccccc4)c4ccccc4)c3)ccc2-c2c1ccc1c2-c2ccccc2C12c1ccccc1-c1ccccc12. The molecule has 0 heterocycles. The summed E-state index contributed by atoms with van der Waals surface area (Å²) in [5.74, 6) is 0. The van der Waals surface area contributed by atoms with Gasteiger partial charge in [0.25, 0.3) is 0 Å². The van der Waals surface area contributed by atoms with E-state index in [2.05, 4.69) is 231 Å². The third kappa shape index (κ3) is 4.73. The van der Waals surface area contributed by atoms with Gasteiger partial charge in [-0.1, -0.05) is 178 Å². The molecule has 278 valence electrons. The predicted octanol–water partition coefficient (Wildman–Crippen LogP) is 15.1. The summed E-state index contributed by atoms with van der Waals surface area (Å²) in [5, 5.41) is 0. The lowest BCUT2D eigenvalue weighted by Crippen LogP contribution is -2.26. The molecule has 59 heavy (non-hydrogen) atoms. The highest BCUT2D eigenvalue weighted by atomic mass is 15.1. The van der Waals surface area contributed by atoms with E-state index in [1.807, 2.05) is 0 Å². The molecule has 1 nitrogen and oxygen atoms in total. The van der Waals surface area contributed by atoms with Crippen LogP contribution in [0.1, 0.15) is 47.2 Å². The smallest absolute Gasteiger partial charge is 0.0725 e. The van der Waals surface area contributed by atoms with Gasteiger partial charge in [0.05, 0.1) is 5.41 Å². The van der Waals surface area contributed by atoms with Crippen molar-refractivity contribution in [1.29, 1.82) is 0 Å². The van der Waals surface area contributed by atoms with Gasteiger partial charge in [0.2, 0.25) is 0 Å². The number of benzene rings is 9. The summed E-state index contributed by atoms with van der Waals surface area (Å²) in [6.07, 6.45) is 0. The Hall–Kier alpha value is -7.22. The van der Waals surface area contributed by atoms with Crippen molar-refractivity contribution in [2.24, 2.45) is 0 Å². The van der Waals surface area contributed by atoms with Gasteiger partial charge in [0, 0.05) is 22.5 Å². The van der Waals surface area contributed by atoms with Gasteiger partial charge < -0.3 is 4.90 Å². The average molecular weight is 752 g/mol. The first-order valence-electron chi connectivity index (χ1n) is 20.8. The molecule has 3 aliphatic carbocycles. The Bertz CT molecular complexity index is 3040. The van der Waals surface area contributed by atoms with Crippen LogP contribution < -0.4 is 4.90 Å². The Morgan fingerprint density at radius 1 is 0.288 bits per heavy atom. The van der Waals surface area contributed by atoms with E-state index in [0.717, 1.165) is 17.1 Å². The van der Waals surface area contributed by atoms with Gasteiger partial charge in [-0.25, -0.2) is 0 Å². The molecule has 0 aliphatic heterocycles. The Morgan fingerprint density at radius 3 is 1.36 bits per heavy atom. The highest BCUT2D eigenvalue weighted by Gasteiger charge is 2.53. The molecule has 0 N–H and O–H groups in total. The van der Waals surface area contributed by atoms with E-state index in [1.165, 1.54) is 89.0 Å². The number of fused-ring (bicyclic) bond motifs is 14. The largest absolute Gasteiger partial charge is 0.310 e. The first-order valence-corrected chi connectivity index (χ1v) is 20.8. The molecule has 0 unspecified atom stereocenters. The fourth-order valence-electron chi connectivity index (χ4n) is 10.9. The van der Waals surface area contributed by atoms with E-state index in [4.69, 9.17) is 0 Å². The van der Waals surface area contributed by atoms with E-state index in [9.17, 15) is 0 Å². The first-order chi connectivity index (χ1) is 29.0. The third-order valence-corrected chi connectivity index (χ3v) is 13.4. The van der Waals surface area contributed by atoms with Crippen molar-refractivity contribution >= 4 is 17.1 Å². The van der Waals surface area contributed by atoms with Gasteiger partial charge >= 0.3 is 0 Å². The molecule has 0 saturated carbocycles. The maximum absolute atomic E-state index is 2.49. The Labute approximate surface area is 346 Å². The number of anilines is 3. The van der Waals surface area contributed by atoms with E-state index >= 15 is 0 Å². The van der Waals surface area contributed by atoms with Crippen molar-refractivity contribution in [3.63, 3.8) is 0 Å². The number of hydrogen-bond acceptors (Lipinski definition) is 1. The van der Waals surface area contributed by atoms with Gasteiger partial charge in [-0.3, -0.25) is 0 Å². The van der Waals surface area contributed by atoms with Gasteiger partial charge in [-0.2, -0.15) is 0 Å². The minimum atomic E-state index is -0.362. The molecule has 0 saturated heterocycles. The first kappa shape index (κ1) is 33.9. The summed E-state index contributed by atoms with van der Waals surface area (Å²) in [4.78, 5) is 2.37. The van der Waals surface area contributed by atoms with Crippen LogP contribution in [-0.2, 0) is 10.8 Å². The highest BCUT2D eigenvalue weighted by molar-refractivity contribution is 6.03. The lowest BCUT2D eigenvalue weighted by Gasteiger charge is -2.31. The van der Waals surface area contributed by atoms with Crippen LogP contribution in [-0.4, -0.2) is 0 Å². The summed E-state index contributed by atoms with van der Waals surface area (Å²) < 4.78 is 0. The molecule has 3 aliphatic rings. The highest BCUT2D eigenvalue weighted by Crippen LogP contribution is 2.66. The van der Waals surface area contributed by atoms with Crippen molar-refractivity contribution in [2.75, 3.05) is 4.90 Å². The molecule has 0 radical (unpaired) electrons. The van der Waals surface area contributed by atoms with E-state index < -0.39 is 0 Å². The van der Waals surface area contributed by atoms with Crippen molar-refractivity contribution in [3.05, 3.63) is 246 Å². The summed E-state index contributed by atoms with van der Waals surface area (Å²) in [6.45, 7) is 4.84. The number of rotatable bonds is 5. The van der Waals surface area contributed by atoms with Gasteiger partial charge in [0.15, 0.2) is 0 Å². The minimum Gasteiger partial charge on any atom is -0.310 e. The Balaban J connectivity index is 1.07. The standard InChI is InChI=1S/C58H41N/c1-57(2)52-32-33-53-56(47-26-14-17-29-51(47)58(53)49-27-15-12-24-45(49)46-25-13-16-28-50(46)58)55(52)48-31-30-39(37-54(48)57)41-34-40(38-18-6-3-7-19-38)35-44(36-41)59(42-20-8-4-9-21-42)43-22-10-5-11-23-43/h3-37H,1-2H3. The minimum absolute atomic E-state index is 0.203. The lowest BCUT2D eigenvalue weighted by atomic mass is 9.70. The fraction of sp³-hybridized carbons (Fsp3) is 0.0690. The van der Waals surface area contributed by atoms with E-state index in [-0.39, 0.29) is 10.8 Å². The summed E-state index contributed by atoms with van der Waals surface area (Å²) in [6, 6.07) is 78.9. The van der Waals surface area contributed by atoms with Crippen LogP contribution in [0.4, 0.5) is 17.1 Å². The molecular weight excluding hydrogens is 711 g/mol. The van der Waals surface area contributed by atoms with Crippen LogP contribution in [0.5, 0.6) is 0 Å². The molecule has 0 fully saturated rings. The van der Waals surface area contributed by atoms with Crippen molar-refractivity contribution in [2.45, 2.75) is 24.7 Å². The zero-order valence-electron chi connectivity index (χ0n) is 33.2. The zero-order chi connectivity index (χ0) is 39.3. The number of hydrogen-bond donors (Lipinski definition) is 0. The maximum atomic E-state index is 2.49. The van der Waals surface area contributed by atoms with Gasteiger partial charge in [-0.15, -0.1) is 0 Å². The monoisotopic (exact) mass is 751 g/mol. The maximum Gasteiger partial charge on any atom is 0.0725 e. The molecule has 0 aromatic heterocycles. The fourth-order valence-corrected chi connectivity index (χ4v) is 10.9.